The Hall–Kier alpha value is -1.13. The largest absolute Gasteiger partial charge is 0.362 e. The first-order valence-corrected chi connectivity index (χ1v) is 4.50. The quantitative estimate of drug-likeness (QED) is 0.738. The molecule has 0 atom stereocenters. The summed E-state index contributed by atoms with van der Waals surface area (Å²) in [5.74, 6) is 6.14. The summed E-state index contributed by atoms with van der Waals surface area (Å²) in [6.45, 7) is 3.83. The fraction of sp³-hybridized carbons (Fsp3) is 0.500. The van der Waals surface area contributed by atoms with Gasteiger partial charge in [-0.1, -0.05) is 6.07 Å². The van der Waals surface area contributed by atoms with Crippen LogP contribution in [-0.4, -0.2) is 19.1 Å². The highest BCUT2D eigenvalue weighted by Crippen LogP contribution is 2.29. The van der Waals surface area contributed by atoms with Crippen molar-refractivity contribution in [1.29, 1.82) is 0 Å². The van der Waals surface area contributed by atoms with E-state index in [-0.39, 0.29) is 0 Å². The standard InChI is InChI=1S/C10H17N3O/c1-10(2,14-11)8-6-5-7-12-9(8)13(3)4/h5-7H,11H2,1-4H3. The van der Waals surface area contributed by atoms with Crippen LogP contribution in [0.15, 0.2) is 18.3 Å². The first-order chi connectivity index (χ1) is 6.49. The molecule has 0 aromatic carbocycles. The van der Waals surface area contributed by atoms with Gasteiger partial charge in [-0.3, -0.25) is 4.84 Å². The van der Waals surface area contributed by atoms with Gasteiger partial charge in [-0.2, -0.15) is 0 Å². The van der Waals surface area contributed by atoms with Crippen LogP contribution in [0.4, 0.5) is 5.82 Å². The second kappa shape index (κ2) is 3.94. The maximum Gasteiger partial charge on any atom is 0.134 e. The van der Waals surface area contributed by atoms with Crippen LogP contribution in [0.25, 0.3) is 0 Å². The van der Waals surface area contributed by atoms with E-state index in [1.54, 1.807) is 6.20 Å². The highest BCUT2D eigenvalue weighted by atomic mass is 16.6. The topological polar surface area (TPSA) is 51.4 Å². The summed E-state index contributed by atoms with van der Waals surface area (Å²) in [7, 11) is 3.89. The highest BCUT2D eigenvalue weighted by Gasteiger charge is 2.25. The van der Waals surface area contributed by atoms with Crippen LogP contribution in [0.1, 0.15) is 19.4 Å². The van der Waals surface area contributed by atoms with Crippen molar-refractivity contribution < 1.29 is 4.84 Å². The van der Waals surface area contributed by atoms with E-state index < -0.39 is 5.60 Å². The van der Waals surface area contributed by atoms with E-state index in [1.807, 2.05) is 45.0 Å². The molecule has 2 N–H and O–H groups in total. The SMILES string of the molecule is CN(C)c1ncccc1C(C)(C)ON. The molecule has 1 heterocycles. The lowest BCUT2D eigenvalue weighted by atomic mass is 9.99. The van der Waals surface area contributed by atoms with Gasteiger partial charge in [0.25, 0.3) is 0 Å². The molecule has 78 valence electrons. The van der Waals surface area contributed by atoms with Crippen molar-refractivity contribution in [3.8, 4) is 0 Å². The third-order valence-corrected chi connectivity index (χ3v) is 2.15. The van der Waals surface area contributed by atoms with E-state index in [9.17, 15) is 0 Å². The predicted octanol–water partition coefficient (Wildman–Crippen LogP) is 1.27. The lowest BCUT2D eigenvalue weighted by Crippen LogP contribution is -2.28. The molecule has 0 spiro atoms. The average molecular weight is 195 g/mol. The van der Waals surface area contributed by atoms with Gasteiger partial charge in [0, 0.05) is 25.9 Å². The Labute approximate surface area is 84.6 Å². The number of nitrogens with zero attached hydrogens (tertiary/aromatic N) is 2. The third kappa shape index (κ3) is 2.02. The maximum atomic E-state index is 5.26. The van der Waals surface area contributed by atoms with Crippen LogP contribution in [-0.2, 0) is 10.4 Å². The summed E-state index contributed by atoms with van der Waals surface area (Å²) >= 11 is 0. The predicted molar refractivity (Wildman–Crippen MR) is 56.9 cm³/mol. The van der Waals surface area contributed by atoms with Gasteiger partial charge in [0.2, 0.25) is 0 Å². The van der Waals surface area contributed by atoms with E-state index in [2.05, 4.69) is 4.98 Å². The Kier molecular flexibility index (Phi) is 3.08. The normalized spacial score (nSPS) is 11.5. The summed E-state index contributed by atoms with van der Waals surface area (Å²) in [6.07, 6.45) is 1.76. The molecular formula is C10H17N3O. The molecule has 1 rings (SSSR count). The number of hydrogen-bond donors (Lipinski definition) is 1. The summed E-state index contributed by atoms with van der Waals surface area (Å²) in [6, 6.07) is 3.85. The Morgan fingerprint density at radius 3 is 2.57 bits per heavy atom. The molecule has 0 aliphatic carbocycles. The van der Waals surface area contributed by atoms with Gasteiger partial charge in [-0.15, -0.1) is 0 Å². The zero-order valence-electron chi connectivity index (χ0n) is 9.11. The minimum absolute atomic E-state index is 0.520. The second-order valence-corrected chi connectivity index (χ2v) is 3.90. The van der Waals surface area contributed by atoms with Crippen LogP contribution in [0, 0.1) is 0 Å². The second-order valence-electron chi connectivity index (χ2n) is 3.90. The lowest BCUT2D eigenvalue weighted by Gasteiger charge is -2.26. The van der Waals surface area contributed by atoms with Gasteiger partial charge in [0.05, 0.1) is 0 Å². The third-order valence-electron chi connectivity index (χ3n) is 2.15. The number of anilines is 1. The van der Waals surface area contributed by atoms with Gasteiger partial charge in [-0.05, 0) is 19.9 Å². The fourth-order valence-electron chi connectivity index (χ4n) is 1.29. The molecule has 0 bridgehead atoms. The Morgan fingerprint density at radius 2 is 2.07 bits per heavy atom. The summed E-state index contributed by atoms with van der Waals surface area (Å²) < 4.78 is 0. The van der Waals surface area contributed by atoms with Gasteiger partial charge in [0.1, 0.15) is 11.4 Å². The first-order valence-electron chi connectivity index (χ1n) is 4.50. The first kappa shape index (κ1) is 10.9. The molecule has 4 heteroatoms. The van der Waals surface area contributed by atoms with Gasteiger partial charge in [-0.25, -0.2) is 10.9 Å². The molecule has 0 aliphatic rings. The van der Waals surface area contributed by atoms with Crippen molar-refractivity contribution in [1.82, 2.24) is 4.98 Å². The molecule has 0 unspecified atom stereocenters. The van der Waals surface area contributed by atoms with Gasteiger partial charge in [0.15, 0.2) is 0 Å². The zero-order valence-corrected chi connectivity index (χ0v) is 9.11. The number of rotatable bonds is 3. The molecule has 0 aliphatic heterocycles. The Balaban J connectivity index is 3.20. The van der Waals surface area contributed by atoms with Crippen LogP contribution >= 0.6 is 0 Å². The molecule has 1 aromatic rings. The Bertz CT molecular complexity index is 310. The molecule has 1 aromatic heterocycles. The molecular weight excluding hydrogens is 178 g/mol. The number of nitrogens with two attached hydrogens (primary N) is 1. The van der Waals surface area contributed by atoms with E-state index >= 15 is 0 Å². The molecule has 0 saturated carbocycles. The minimum atomic E-state index is -0.520. The van der Waals surface area contributed by atoms with Crippen molar-refractivity contribution in [3.63, 3.8) is 0 Å². The van der Waals surface area contributed by atoms with Gasteiger partial charge >= 0.3 is 0 Å². The van der Waals surface area contributed by atoms with Crippen molar-refractivity contribution in [2.75, 3.05) is 19.0 Å². The summed E-state index contributed by atoms with van der Waals surface area (Å²) in [5.41, 5.74) is 0.459. The van der Waals surface area contributed by atoms with Crippen molar-refractivity contribution in [2.24, 2.45) is 5.90 Å². The van der Waals surface area contributed by atoms with Crippen LogP contribution in [0.3, 0.4) is 0 Å². The minimum Gasteiger partial charge on any atom is -0.362 e. The fourth-order valence-corrected chi connectivity index (χ4v) is 1.29. The van der Waals surface area contributed by atoms with E-state index in [4.69, 9.17) is 10.7 Å². The van der Waals surface area contributed by atoms with Crippen LogP contribution < -0.4 is 10.8 Å². The zero-order chi connectivity index (χ0) is 10.8. The number of pyridine rings is 1. The van der Waals surface area contributed by atoms with Crippen molar-refractivity contribution >= 4 is 5.82 Å². The van der Waals surface area contributed by atoms with Crippen LogP contribution in [0.5, 0.6) is 0 Å². The molecule has 14 heavy (non-hydrogen) atoms. The molecule has 0 radical (unpaired) electrons. The lowest BCUT2D eigenvalue weighted by molar-refractivity contribution is -0.0234. The molecule has 0 saturated heterocycles. The molecule has 0 amide bonds. The van der Waals surface area contributed by atoms with E-state index in [0.29, 0.717) is 0 Å². The number of aromatic nitrogens is 1. The highest BCUT2D eigenvalue weighted by molar-refractivity contribution is 5.48. The Morgan fingerprint density at radius 1 is 1.43 bits per heavy atom. The van der Waals surface area contributed by atoms with Crippen LogP contribution in [0.2, 0.25) is 0 Å². The van der Waals surface area contributed by atoms with Crippen molar-refractivity contribution in [2.45, 2.75) is 19.4 Å². The van der Waals surface area contributed by atoms with E-state index in [1.165, 1.54) is 0 Å². The monoisotopic (exact) mass is 195 g/mol. The van der Waals surface area contributed by atoms with E-state index in [0.717, 1.165) is 11.4 Å². The molecule has 0 fully saturated rings. The van der Waals surface area contributed by atoms with Gasteiger partial charge < -0.3 is 4.90 Å². The molecule has 4 nitrogen and oxygen atoms in total. The summed E-state index contributed by atoms with van der Waals surface area (Å²) in [4.78, 5) is 11.2. The summed E-state index contributed by atoms with van der Waals surface area (Å²) in [5, 5.41) is 0. The van der Waals surface area contributed by atoms with Crippen molar-refractivity contribution in [3.05, 3.63) is 23.9 Å². The average Bonchev–Trinajstić information content (AvgIpc) is 2.18. The smallest absolute Gasteiger partial charge is 0.134 e. The maximum absolute atomic E-state index is 5.26. The number of hydrogen-bond acceptors (Lipinski definition) is 4.